The van der Waals surface area contributed by atoms with E-state index in [-0.39, 0.29) is 47.0 Å². The summed E-state index contributed by atoms with van der Waals surface area (Å²) in [5, 5.41) is 15.7. The van der Waals surface area contributed by atoms with Crippen molar-refractivity contribution in [1.82, 2.24) is 24.3 Å². The molecule has 13 heteroatoms. The largest absolute Gasteiger partial charge is 0.497 e. The van der Waals surface area contributed by atoms with Crippen molar-refractivity contribution in [1.29, 1.82) is 0 Å². The second-order valence-corrected chi connectivity index (χ2v) is 11.9. The van der Waals surface area contributed by atoms with Crippen molar-refractivity contribution in [3.8, 4) is 23.3 Å². The molecule has 0 amide bonds. The van der Waals surface area contributed by atoms with Gasteiger partial charge in [0.1, 0.15) is 16.5 Å². The summed E-state index contributed by atoms with van der Waals surface area (Å²) in [4.78, 5) is 34.5. The van der Waals surface area contributed by atoms with Crippen molar-refractivity contribution < 1.29 is 24.1 Å². The lowest BCUT2D eigenvalue weighted by Gasteiger charge is -2.22. The molecule has 0 fully saturated rings. The van der Waals surface area contributed by atoms with Gasteiger partial charge in [-0.3, -0.25) is 4.79 Å². The molecule has 5 rings (SSSR count). The molecule has 11 nitrogen and oxygen atoms in total. The predicted octanol–water partition coefficient (Wildman–Crippen LogP) is 6.40. The molecular weight excluding hydrogens is 645 g/mol. The molecule has 3 aromatic heterocycles. The van der Waals surface area contributed by atoms with Crippen LogP contribution in [0.15, 0.2) is 71.8 Å². The number of carboxylic acids is 1. The number of carboxylic acid groups (broad SMARTS) is 1. The molecule has 2 aromatic carbocycles. The Morgan fingerprint density at radius 2 is 1.66 bits per heavy atom. The van der Waals surface area contributed by atoms with Crippen LogP contribution in [0.3, 0.4) is 0 Å². The Kier molecular flexibility index (Phi) is 10.2. The Balaban J connectivity index is 1.69. The van der Waals surface area contributed by atoms with Gasteiger partial charge in [0.15, 0.2) is 5.69 Å². The van der Waals surface area contributed by atoms with Gasteiger partial charge in [-0.05, 0) is 59.4 Å². The number of ether oxygens (including phenoxy) is 3. The van der Waals surface area contributed by atoms with Crippen molar-refractivity contribution in [3.63, 3.8) is 0 Å². The third-order valence-electron chi connectivity index (χ3n) is 7.70. The van der Waals surface area contributed by atoms with Crippen LogP contribution in [-0.4, -0.2) is 56.7 Å². The highest BCUT2D eigenvalue weighted by molar-refractivity contribution is 6.30. The third-order valence-corrected chi connectivity index (χ3v) is 8.22. The number of halogens is 2. The summed E-state index contributed by atoms with van der Waals surface area (Å²) in [6.45, 7) is 4.17. The van der Waals surface area contributed by atoms with Crippen molar-refractivity contribution in [2.75, 3.05) is 21.3 Å². The van der Waals surface area contributed by atoms with Crippen molar-refractivity contribution in [3.05, 3.63) is 121 Å². The van der Waals surface area contributed by atoms with E-state index in [2.05, 4.69) is 15.1 Å². The Morgan fingerprint density at radius 1 is 0.957 bits per heavy atom. The maximum Gasteiger partial charge on any atom is 0.356 e. The molecule has 244 valence electrons. The lowest BCUT2D eigenvalue weighted by atomic mass is 9.83. The van der Waals surface area contributed by atoms with Crippen LogP contribution >= 0.6 is 23.2 Å². The number of aromatic nitrogens is 5. The number of benzene rings is 2. The highest BCUT2D eigenvalue weighted by Crippen LogP contribution is 2.39. The van der Waals surface area contributed by atoms with Crippen LogP contribution in [0.5, 0.6) is 17.6 Å². The summed E-state index contributed by atoms with van der Waals surface area (Å²) in [7, 11) is 4.47. The summed E-state index contributed by atoms with van der Waals surface area (Å²) in [6, 6.07) is 16.3. The van der Waals surface area contributed by atoms with E-state index in [1.807, 2.05) is 50.2 Å². The van der Waals surface area contributed by atoms with Gasteiger partial charge in [0, 0.05) is 22.7 Å². The van der Waals surface area contributed by atoms with E-state index in [4.69, 9.17) is 37.4 Å². The topological polar surface area (TPSA) is 131 Å². The predicted molar refractivity (Wildman–Crippen MR) is 178 cm³/mol. The Hall–Kier alpha value is -4.87. The molecule has 0 saturated heterocycles. The minimum Gasteiger partial charge on any atom is -0.497 e. The van der Waals surface area contributed by atoms with E-state index in [1.165, 1.54) is 25.1 Å². The van der Waals surface area contributed by atoms with Gasteiger partial charge in [0.2, 0.25) is 5.88 Å². The Bertz CT molecular complexity index is 1960. The second kappa shape index (κ2) is 14.3. The molecule has 0 aliphatic rings. The molecular formula is C34H33Cl2N5O6. The first-order chi connectivity index (χ1) is 22.5. The highest BCUT2D eigenvalue weighted by atomic mass is 35.5. The average Bonchev–Trinajstić information content (AvgIpc) is 3.47. The van der Waals surface area contributed by atoms with Crippen LogP contribution < -0.4 is 19.8 Å². The standard InChI is InChI=1S/C34H33Cl2N5O6/c1-19(2)30-28(29(33(43)44)39-41(30)27-16-37-34(47-5)38-31(27)46-4)25(22-8-10-23(35)11-9-22)14-21-15-26(36)32(42)40(18-21)17-20-6-12-24(45-3)13-7-20/h6-13,15-16,18-19,25H,14,17H2,1-5H3,(H,43,44). The number of methoxy groups -OCH3 is 3. The lowest BCUT2D eigenvalue weighted by Crippen LogP contribution is -2.22. The number of rotatable bonds is 12. The van der Waals surface area contributed by atoms with E-state index in [9.17, 15) is 14.7 Å². The molecule has 1 N–H and O–H groups in total. The first-order valence-corrected chi connectivity index (χ1v) is 15.4. The monoisotopic (exact) mass is 677 g/mol. The minimum atomic E-state index is -1.21. The fourth-order valence-electron chi connectivity index (χ4n) is 5.55. The summed E-state index contributed by atoms with van der Waals surface area (Å²) in [6.07, 6.45) is 3.51. The van der Waals surface area contributed by atoms with E-state index >= 15 is 0 Å². The molecule has 5 aromatic rings. The molecule has 0 aliphatic carbocycles. The van der Waals surface area contributed by atoms with Crippen LogP contribution in [-0.2, 0) is 13.0 Å². The first-order valence-electron chi connectivity index (χ1n) is 14.6. The Morgan fingerprint density at radius 3 is 2.26 bits per heavy atom. The smallest absolute Gasteiger partial charge is 0.356 e. The van der Waals surface area contributed by atoms with Crippen molar-refractivity contribution in [2.45, 2.75) is 38.6 Å². The molecule has 0 aliphatic heterocycles. The molecule has 0 radical (unpaired) electrons. The van der Waals surface area contributed by atoms with Crippen LogP contribution in [0.25, 0.3) is 5.69 Å². The highest BCUT2D eigenvalue weighted by Gasteiger charge is 2.33. The zero-order valence-electron chi connectivity index (χ0n) is 26.4. The third kappa shape index (κ3) is 7.11. The molecule has 1 atom stereocenters. The average molecular weight is 679 g/mol. The van der Waals surface area contributed by atoms with Gasteiger partial charge in [-0.25, -0.2) is 14.5 Å². The molecule has 47 heavy (non-hydrogen) atoms. The summed E-state index contributed by atoms with van der Waals surface area (Å²) in [5.74, 6) is -1.11. The van der Waals surface area contributed by atoms with Crippen molar-refractivity contribution >= 4 is 29.2 Å². The summed E-state index contributed by atoms with van der Waals surface area (Å²) < 4.78 is 19.0. The molecule has 0 spiro atoms. The van der Waals surface area contributed by atoms with Gasteiger partial charge in [-0.2, -0.15) is 10.1 Å². The van der Waals surface area contributed by atoms with Crippen LogP contribution in [0.4, 0.5) is 0 Å². The number of nitrogens with zero attached hydrogens (tertiary/aromatic N) is 5. The zero-order valence-corrected chi connectivity index (χ0v) is 27.9. The summed E-state index contributed by atoms with van der Waals surface area (Å²) in [5.41, 5.74) is 3.34. The van der Waals surface area contributed by atoms with E-state index < -0.39 is 11.9 Å². The number of aromatic carboxylic acids is 1. The van der Waals surface area contributed by atoms with Gasteiger partial charge in [0.25, 0.3) is 5.56 Å². The van der Waals surface area contributed by atoms with Gasteiger partial charge in [-0.15, -0.1) is 0 Å². The summed E-state index contributed by atoms with van der Waals surface area (Å²) >= 11 is 12.8. The fraction of sp³-hybridized carbons (Fsp3) is 0.265. The maximum atomic E-state index is 13.1. The normalized spacial score (nSPS) is 11.8. The number of carbonyl (C=O) groups is 1. The van der Waals surface area contributed by atoms with E-state index in [1.54, 1.807) is 36.1 Å². The van der Waals surface area contributed by atoms with Crippen LogP contribution in [0.1, 0.15) is 64.1 Å². The second-order valence-electron chi connectivity index (χ2n) is 11.1. The number of pyridine rings is 1. The quantitative estimate of drug-likeness (QED) is 0.159. The zero-order chi connectivity index (χ0) is 33.8. The Labute approximate surface area is 281 Å². The number of hydrogen-bond donors (Lipinski definition) is 1. The van der Waals surface area contributed by atoms with Gasteiger partial charge in [-0.1, -0.05) is 61.3 Å². The van der Waals surface area contributed by atoms with Gasteiger partial charge in [0.05, 0.1) is 39.8 Å². The van der Waals surface area contributed by atoms with Crippen molar-refractivity contribution in [2.24, 2.45) is 0 Å². The lowest BCUT2D eigenvalue weighted by molar-refractivity contribution is 0.0688. The SMILES string of the molecule is COc1ccc(Cn2cc(CC(c3ccc(Cl)cc3)c3c(C(=O)O)nn(-c4cnc(OC)nc4OC)c3C(C)C)cc(Cl)c2=O)cc1. The number of hydrogen-bond acceptors (Lipinski definition) is 8. The van der Waals surface area contributed by atoms with E-state index in [0.29, 0.717) is 33.3 Å². The molecule has 1 unspecified atom stereocenters. The van der Waals surface area contributed by atoms with Crippen LogP contribution in [0.2, 0.25) is 10.0 Å². The molecule has 3 heterocycles. The van der Waals surface area contributed by atoms with Gasteiger partial charge >= 0.3 is 12.0 Å². The minimum absolute atomic E-state index is 0.0456. The van der Waals surface area contributed by atoms with Crippen LogP contribution in [0, 0.1) is 0 Å². The van der Waals surface area contributed by atoms with Gasteiger partial charge < -0.3 is 23.9 Å². The first kappa shape index (κ1) is 33.5. The molecule has 0 bridgehead atoms. The molecule has 0 saturated carbocycles. The fourth-order valence-corrected chi connectivity index (χ4v) is 5.93. The maximum absolute atomic E-state index is 13.1. The van der Waals surface area contributed by atoms with E-state index in [0.717, 1.165) is 11.1 Å².